The van der Waals surface area contributed by atoms with E-state index in [4.69, 9.17) is 0 Å². The third-order valence-corrected chi connectivity index (χ3v) is 4.96. The van der Waals surface area contributed by atoms with Gasteiger partial charge in [-0.15, -0.1) is 0 Å². The quantitative estimate of drug-likeness (QED) is 0.418. The molecule has 0 N–H and O–H groups in total. The Morgan fingerprint density at radius 2 is 1.85 bits per heavy atom. The summed E-state index contributed by atoms with van der Waals surface area (Å²) in [4.78, 5) is 13.0. The molecule has 0 amide bonds. The number of rotatable bonds is 6. The Kier molecular flexibility index (Phi) is 6.18. The van der Waals surface area contributed by atoms with Gasteiger partial charge in [-0.25, -0.2) is 0 Å². The van der Waals surface area contributed by atoms with Crippen LogP contribution in [0.25, 0.3) is 6.08 Å². The van der Waals surface area contributed by atoms with Crippen molar-refractivity contribution in [1.29, 1.82) is 0 Å². The number of benzene rings is 2. The van der Waals surface area contributed by atoms with Crippen molar-refractivity contribution in [2.75, 3.05) is 13.6 Å². The van der Waals surface area contributed by atoms with E-state index in [1.807, 2.05) is 18.2 Å². The second-order valence-corrected chi connectivity index (χ2v) is 7.08. The van der Waals surface area contributed by atoms with E-state index in [1.165, 1.54) is 48.8 Å². The van der Waals surface area contributed by atoms with Crippen molar-refractivity contribution in [3.63, 3.8) is 0 Å². The van der Waals surface area contributed by atoms with E-state index in [2.05, 4.69) is 30.1 Å². The molecule has 0 radical (unpaired) electrons. The van der Waals surface area contributed by atoms with Gasteiger partial charge in [-0.05, 0) is 55.5 Å². The van der Waals surface area contributed by atoms with Crippen molar-refractivity contribution in [2.45, 2.75) is 38.6 Å². The molecule has 4 heteroatoms. The van der Waals surface area contributed by atoms with E-state index in [1.54, 1.807) is 18.2 Å². The summed E-state index contributed by atoms with van der Waals surface area (Å²) in [6.07, 6.45) is 10.2. The van der Waals surface area contributed by atoms with Crippen molar-refractivity contribution in [2.24, 2.45) is 0 Å². The maximum Gasteiger partial charge on any atom is 0.276 e. The first kappa shape index (κ1) is 18.3. The average molecular weight is 350 g/mol. The van der Waals surface area contributed by atoms with Gasteiger partial charge in [-0.1, -0.05) is 48.9 Å². The van der Waals surface area contributed by atoms with Crippen LogP contribution >= 0.6 is 0 Å². The maximum atomic E-state index is 11.1. The van der Waals surface area contributed by atoms with Crippen molar-refractivity contribution >= 4 is 11.8 Å². The van der Waals surface area contributed by atoms with Gasteiger partial charge in [-0.2, -0.15) is 0 Å². The monoisotopic (exact) mass is 350 g/mol. The largest absolute Gasteiger partial charge is 0.298 e. The Morgan fingerprint density at radius 1 is 1.08 bits per heavy atom. The molecule has 0 heterocycles. The van der Waals surface area contributed by atoms with Gasteiger partial charge >= 0.3 is 0 Å². The molecule has 0 spiro atoms. The Balaban J connectivity index is 1.60. The number of hydrogen-bond donors (Lipinski definition) is 0. The molecule has 2 aromatic rings. The lowest BCUT2D eigenvalue weighted by Crippen LogP contribution is -2.17. The highest BCUT2D eigenvalue weighted by Gasteiger charge is 2.10. The van der Waals surface area contributed by atoms with Gasteiger partial charge in [0.15, 0.2) is 0 Å². The fourth-order valence-corrected chi connectivity index (χ4v) is 3.59. The van der Waals surface area contributed by atoms with E-state index in [-0.39, 0.29) is 10.6 Å². The molecule has 136 valence electrons. The zero-order valence-electron chi connectivity index (χ0n) is 15.4. The number of likely N-dealkylation sites (N-methyl/N-ethyl adjacent to an activating group) is 1. The second kappa shape index (κ2) is 8.77. The third-order valence-electron chi connectivity index (χ3n) is 4.96. The molecule has 0 unspecified atom stereocenters. The molecule has 0 aromatic heterocycles. The van der Waals surface area contributed by atoms with E-state index >= 15 is 0 Å². The Hall–Kier alpha value is -2.46. The van der Waals surface area contributed by atoms with Crippen LogP contribution in [0.3, 0.4) is 0 Å². The summed E-state index contributed by atoms with van der Waals surface area (Å²) < 4.78 is 0. The minimum Gasteiger partial charge on any atom is -0.298 e. The fourth-order valence-electron chi connectivity index (χ4n) is 3.59. The van der Waals surface area contributed by atoms with E-state index < -0.39 is 0 Å². The summed E-state index contributed by atoms with van der Waals surface area (Å²) in [7, 11) is 2.08. The predicted molar refractivity (Wildman–Crippen MR) is 106 cm³/mol. The van der Waals surface area contributed by atoms with Gasteiger partial charge in [0.25, 0.3) is 5.69 Å². The van der Waals surface area contributed by atoms with Gasteiger partial charge in [-0.3, -0.25) is 15.0 Å². The molecule has 4 nitrogen and oxygen atoms in total. The number of hydrogen-bond acceptors (Lipinski definition) is 3. The zero-order chi connectivity index (χ0) is 18.4. The molecule has 0 saturated heterocycles. The van der Waals surface area contributed by atoms with Crippen molar-refractivity contribution in [1.82, 2.24) is 4.90 Å². The van der Waals surface area contributed by atoms with Crippen LogP contribution in [0.2, 0.25) is 0 Å². The smallest absolute Gasteiger partial charge is 0.276 e. The van der Waals surface area contributed by atoms with Crippen LogP contribution in [0, 0.1) is 10.1 Å². The lowest BCUT2D eigenvalue weighted by Gasteiger charge is -2.16. The highest BCUT2D eigenvalue weighted by molar-refractivity contribution is 5.60. The standard InChI is InChI=1S/C22H26N2O2/c1-23(15-7-11-20-9-5-6-12-22(20)24(25)26)17-18-13-14-19-8-3-2-4-10-21(19)16-18/h5-7,9,11-14,16H,2-4,8,10,15,17H2,1H3. The SMILES string of the molecule is CN(CC=Cc1ccccc1[N+](=O)[O-])Cc1ccc2c(c1)CCCCC2. The second-order valence-electron chi connectivity index (χ2n) is 7.08. The molecule has 0 aliphatic heterocycles. The Morgan fingerprint density at radius 3 is 2.65 bits per heavy atom. The molecule has 3 rings (SSSR count). The molecule has 2 aromatic carbocycles. The van der Waals surface area contributed by atoms with Crippen molar-refractivity contribution in [3.8, 4) is 0 Å². The van der Waals surface area contributed by atoms with Crippen LogP contribution in [0.4, 0.5) is 5.69 Å². The van der Waals surface area contributed by atoms with Gasteiger partial charge in [0, 0.05) is 19.2 Å². The summed E-state index contributed by atoms with van der Waals surface area (Å²) in [5.74, 6) is 0. The van der Waals surface area contributed by atoms with Crippen LogP contribution < -0.4 is 0 Å². The normalized spacial score (nSPS) is 14.4. The third kappa shape index (κ3) is 4.79. The first-order valence-electron chi connectivity index (χ1n) is 9.32. The first-order valence-corrected chi connectivity index (χ1v) is 9.32. The molecular formula is C22H26N2O2. The topological polar surface area (TPSA) is 46.4 Å². The van der Waals surface area contributed by atoms with Gasteiger partial charge in [0.2, 0.25) is 0 Å². The highest BCUT2D eigenvalue weighted by atomic mass is 16.6. The highest BCUT2D eigenvalue weighted by Crippen LogP contribution is 2.22. The summed E-state index contributed by atoms with van der Waals surface area (Å²) in [6, 6.07) is 13.7. The maximum absolute atomic E-state index is 11.1. The molecule has 0 fully saturated rings. The van der Waals surface area contributed by atoms with Crippen LogP contribution in [0.1, 0.15) is 41.5 Å². The van der Waals surface area contributed by atoms with Gasteiger partial charge in [0.1, 0.15) is 0 Å². The summed E-state index contributed by atoms with van der Waals surface area (Å²) in [6.45, 7) is 1.64. The molecule has 1 aliphatic rings. The molecule has 0 atom stereocenters. The van der Waals surface area contributed by atoms with E-state index in [9.17, 15) is 10.1 Å². The number of aryl methyl sites for hydroxylation is 2. The van der Waals surface area contributed by atoms with Crippen molar-refractivity contribution in [3.05, 3.63) is 80.9 Å². The van der Waals surface area contributed by atoms with Crippen LogP contribution in [0.5, 0.6) is 0 Å². The minimum atomic E-state index is -0.334. The number of nitro benzene ring substituents is 1. The Labute approximate surface area is 155 Å². The summed E-state index contributed by atoms with van der Waals surface area (Å²) >= 11 is 0. The summed E-state index contributed by atoms with van der Waals surface area (Å²) in [5, 5.41) is 11.1. The lowest BCUT2D eigenvalue weighted by atomic mass is 10.00. The van der Waals surface area contributed by atoms with Crippen LogP contribution in [0.15, 0.2) is 48.5 Å². The minimum absolute atomic E-state index is 0.150. The fraction of sp³-hybridized carbons (Fsp3) is 0.364. The average Bonchev–Trinajstić information content (AvgIpc) is 2.87. The molecule has 26 heavy (non-hydrogen) atoms. The molecule has 1 aliphatic carbocycles. The molecule has 0 bridgehead atoms. The lowest BCUT2D eigenvalue weighted by molar-refractivity contribution is -0.385. The van der Waals surface area contributed by atoms with Gasteiger partial charge < -0.3 is 0 Å². The number of nitro groups is 1. The number of para-hydroxylation sites is 1. The van der Waals surface area contributed by atoms with Crippen LogP contribution in [-0.2, 0) is 19.4 Å². The number of nitrogens with zero attached hydrogens (tertiary/aromatic N) is 2. The van der Waals surface area contributed by atoms with Crippen molar-refractivity contribution < 1.29 is 4.92 Å². The first-order chi connectivity index (χ1) is 12.6. The van der Waals surface area contributed by atoms with E-state index in [0.29, 0.717) is 5.56 Å². The molecule has 0 saturated carbocycles. The zero-order valence-corrected chi connectivity index (χ0v) is 15.4. The number of fused-ring (bicyclic) bond motifs is 1. The van der Waals surface area contributed by atoms with E-state index in [0.717, 1.165) is 13.1 Å². The summed E-state index contributed by atoms with van der Waals surface area (Å²) in [5.41, 5.74) is 5.18. The van der Waals surface area contributed by atoms with Crippen LogP contribution in [-0.4, -0.2) is 23.4 Å². The Bertz CT molecular complexity index is 798. The molecular weight excluding hydrogens is 324 g/mol. The van der Waals surface area contributed by atoms with Gasteiger partial charge in [0.05, 0.1) is 10.5 Å². The predicted octanol–water partition coefficient (Wildman–Crippen LogP) is 5.01.